The van der Waals surface area contributed by atoms with Gasteiger partial charge in [-0.25, -0.2) is 8.78 Å². The zero-order chi connectivity index (χ0) is 17.3. The Kier molecular flexibility index (Phi) is 4.43. The van der Waals surface area contributed by atoms with Crippen molar-refractivity contribution in [3.8, 4) is 0 Å². The van der Waals surface area contributed by atoms with Crippen molar-refractivity contribution in [2.75, 3.05) is 25.5 Å². The Hall–Kier alpha value is -2.18. The second-order valence-corrected chi connectivity index (χ2v) is 6.57. The largest absolute Gasteiger partial charge is 0.370 e. The standard InChI is InChI=1S/C17H21F2N3O2/c1-20-16(24)17(21-14-4-2-3-12(18)9-14)5-6-22(10-17)15(23)11-7-13(19)8-11/h2-4,9,11,13,21H,5-8,10H2,1H3,(H,20,24). The number of hydrogen-bond acceptors (Lipinski definition) is 3. The molecule has 2 amide bonds. The Labute approximate surface area is 139 Å². The molecule has 1 saturated carbocycles. The lowest BCUT2D eigenvalue weighted by atomic mass is 9.82. The highest BCUT2D eigenvalue weighted by molar-refractivity contribution is 5.91. The van der Waals surface area contributed by atoms with E-state index in [0.29, 0.717) is 18.7 Å². The van der Waals surface area contributed by atoms with Gasteiger partial charge in [-0.1, -0.05) is 6.07 Å². The lowest BCUT2D eigenvalue weighted by Gasteiger charge is -2.34. The molecule has 7 heteroatoms. The minimum atomic E-state index is -1.00. The molecule has 1 unspecified atom stereocenters. The van der Waals surface area contributed by atoms with Crippen LogP contribution in [0.3, 0.4) is 0 Å². The van der Waals surface area contributed by atoms with Crippen LogP contribution in [0.15, 0.2) is 24.3 Å². The summed E-state index contributed by atoms with van der Waals surface area (Å²) in [5, 5.41) is 5.71. The van der Waals surface area contributed by atoms with Gasteiger partial charge in [-0.05, 0) is 37.5 Å². The lowest BCUT2D eigenvalue weighted by Crippen LogP contribution is -2.54. The van der Waals surface area contributed by atoms with E-state index >= 15 is 0 Å². The minimum Gasteiger partial charge on any atom is -0.370 e. The smallest absolute Gasteiger partial charge is 0.247 e. The molecule has 2 N–H and O–H groups in total. The van der Waals surface area contributed by atoms with Gasteiger partial charge in [0.25, 0.3) is 0 Å². The third-order valence-electron chi connectivity index (χ3n) is 4.88. The van der Waals surface area contributed by atoms with Crippen LogP contribution in [0.25, 0.3) is 0 Å². The first-order valence-electron chi connectivity index (χ1n) is 8.12. The number of benzene rings is 1. The summed E-state index contributed by atoms with van der Waals surface area (Å²) in [7, 11) is 1.53. The topological polar surface area (TPSA) is 61.4 Å². The molecule has 24 heavy (non-hydrogen) atoms. The molecule has 130 valence electrons. The van der Waals surface area contributed by atoms with Gasteiger partial charge >= 0.3 is 0 Å². The van der Waals surface area contributed by atoms with Gasteiger partial charge in [0.1, 0.15) is 17.5 Å². The molecule has 0 aromatic heterocycles. The summed E-state index contributed by atoms with van der Waals surface area (Å²) in [5.41, 5.74) is -0.516. The van der Waals surface area contributed by atoms with Crippen molar-refractivity contribution in [3.05, 3.63) is 30.1 Å². The Morgan fingerprint density at radius 3 is 2.71 bits per heavy atom. The Bertz CT molecular complexity index is 648. The van der Waals surface area contributed by atoms with Gasteiger partial charge < -0.3 is 15.5 Å². The number of nitrogens with zero attached hydrogens (tertiary/aromatic N) is 1. The zero-order valence-corrected chi connectivity index (χ0v) is 13.5. The monoisotopic (exact) mass is 337 g/mol. The number of alkyl halides is 1. The van der Waals surface area contributed by atoms with Crippen LogP contribution in [0, 0.1) is 11.7 Å². The number of halogens is 2. The average Bonchev–Trinajstić information content (AvgIpc) is 2.96. The summed E-state index contributed by atoms with van der Waals surface area (Å²) in [5.74, 6) is -1.04. The second-order valence-electron chi connectivity index (χ2n) is 6.57. The fourth-order valence-corrected chi connectivity index (χ4v) is 3.43. The summed E-state index contributed by atoms with van der Waals surface area (Å²) in [6.45, 7) is 0.609. The average molecular weight is 337 g/mol. The van der Waals surface area contributed by atoms with E-state index in [0.717, 1.165) is 0 Å². The summed E-state index contributed by atoms with van der Waals surface area (Å²) in [4.78, 5) is 26.5. The van der Waals surface area contributed by atoms with E-state index in [9.17, 15) is 18.4 Å². The molecule has 1 heterocycles. The third-order valence-corrected chi connectivity index (χ3v) is 4.88. The predicted molar refractivity (Wildman–Crippen MR) is 85.6 cm³/mol. The van der Waals surface area contributed by atoms with Gasteiger partial charge in [0.15, 0.2) is 0 Å². The van der Waals surface area contributed by atoms with Crippen LogP contribution < -0.4 is 10.6 Å². The highest BCUT2D eigenvalue weighted by atomic mass is 19.1. The first-order chi connectivity index (χ1) is 11.4. The summed E-state index contributed by atoms with van der Waals surface area (Å²) in [6.07, 6.45) is 0.0515. The first-order valence-corrected chi connectivity index (χ1v) is 8.12. The Morgan fingerprint density at radius 1 is 1.33 bits per heavy atom. The summed E-state index contributed by atoms with van der Waals surface area (Å²) in [6, 6.07) is 5.88. The van der Waals surface area contributed by atoms with Crippen molar-refractivity contribution >= 4 is 17.5 Å². The molecule has 0 radical (unpaired) electrons. The van der Waals surface area contributed by atoms with Gasteiger partial charge in [0.2, 0.25) is 11.8 Å². The molecule has 1 aromatic carbocycles. The Balaban J connectivity index is 1.75. The van der Waals surface area contributed by atoms with Crippen molar-refractivity contribution in [2.24, 2.45) is 5.92 Å². The SMILES string of the molecule is CNC(=O)C1(Nc2cccc(F)c2)CCN(C(=O)C2CC(F)C2)C1. The van der Waals surface area contributed by atoms with Crippen molar-refractivity contribution in [1.82, 2.24) is 10.2 Å². The quantitative estimate of drug-likeness (QED) is 0.879. The maximum atomic E-state index is 13.4. The number of rotatable bonds is 4. The first kappa shape index (κ1) is 16.7. The van der Waals surface area contributed by atoms with E-state index in [2.05, 4.69) is 10.6 Å². The predicted octanol–water partition coefficient (Wildman–Crippen LogP) is 1.70. The highest BCUT2D eigenvalue weighted by Gasteiger charge is 2.48. The highest BCUT2D eigenvalue weighted by Crippen LogP contribution is 2.34. The number of anilines is 1. The molecule has 1 aliphatic heterocycles. The van der Waals surface area contributed by atoms with Crippen molar-refractivity contribution in [1.29, 1.82) is 0 Å². The number of hydrogen-bond donors (Lipinski definition) is 2. The minimum absolute atomic E-state index is 0.101. The van der Waals surface area contributed by atoms with E-state index < -0.39 is 17.5 Å². The fraction of sp³-hybridized carbons (Fsp3) is 0.529. The van der Waals surface area contributed by atoms with Crippen molar-refractivity contribution < 1.29 is 18.4 Å². The molecule has 0 spiro atoms. The number of carbonyl (C=O) groups excluding carboxylic acids is 2. The fourth-order valence-electron chi connectivity index (χ4n) is 3.43. The molecule has 1 saturated heterocycles. The zero-order valence-electron chi connectivity index (χ0n) is 13.5. The third kappa shape index (κ3) is 3.07. The van der Waals surface area contributed by atoms with Crippen LogP contribution in [-0.4, -0.2) is 48.6 Å². The van der Waals surface area contributed by atoms with Crippen LogP contribution in [-0.2, 0) is 9.59 Å². The molecule has 3 rings (SSSR count). The molecular formula is C17H21F2N3O2. The normalized spacial score (nSPS) is 29.0. The molecule has 0 bridgehead atoms. The van der Waals surface area contributed by atoms with Crippen LogP contribution in [0.1, 0.15) is 19.3 Å². The maximum Gasteiger partial charge on any atom is 0.247 e. The van der Waals surface area contributed by atoms with Crippen LogP contribution >= 0.6 is 0 Å². The van der Waals surface area contributed by atoms with E-state index in [1.165, 1.54) is 19.2 Å². The molecular weight excluding hydrogens is 316 g/mol. The molecule has 2 aliphatic rings. The summed E-state index contributed by atoms with van der Waals surface area (Å²) < 4.78 is 26.4. The number of carbonyl (C=O) groups is 2. The van der Waals surface area contributed by atoms with E-state index in [1.54, 1.807) is 17.0 Å². The molecule has 1 aliphatic carbocycles. The van der Waals surface area contributed by atoms with Crippen LogP contribution in [0.4, 0.5) is 14.5 Å². The molecule has 1 aromatic rings. The Morgan fingerprint density at radius 2 is 2.08 bits per heavy atom. The van der Waals surface area contributed by atoms with Crippen molar-refractivity contribution in [2.45, 2.75) is 31.0 Å². The van der Waals surface area contributed by atoms with Gasteiger partial charge in [0, 0.05) is 25.2 Å². The van der Waals surface area contributed by atoms with Crippen LogP contribution in [0.5, 0.6) is 0 Å². The van der Waals surface area contributed by atoms with Gasteiger partial charge in [0.05, 0.1) is 6.54 Å². The van der Waals surface area contributed by atoms with Gasteiger partial charge in [-0.2, -0.15) is 0 Å². The lowest BCUT2D eigenvalue weighted by molar-refractivity contribution is -0.139. The number of amides is 2. The molecule has 2 fully saturated rings. The maximum absolute atomic E-state index is 13.4. The van der Waals surface area contributed by atoms with Crippen LogP contribution in [0.2, 0.25) is 0 Å². The van der Waals surface area contributed by atoms with Gasteiger partial charge in [-0.15, -0.1) is 0 Å². The summed E-state index contributed by atoms with van der Waals surface area (Å²) >= 11 is 0. The number of nitrogens with one attached hydrogen (secondary N) is 2. The number of likely N-dealkylation sites (N-methyl/N-ethyl adjacent to an activating group) is 1. The van der Waals surface area contributed by atoms with Crippen molar-refractivity contribution in [3.63, 3.8) is 0 Å². The second kappa shape index (κ2) is 6.37. The molecule has 1 atom stereocenters. The van der Waals surface area contributed by atoms with E-state index in [-0.39, 0.29) is 37.1 Å². The van der Waals surface area contributed by atoms with E-state index in [1.807, 2.05) is 0 Å². The van der Waals surface area contributed by atoms with E-state index in [4.69, 9.17) is 0 Å². The van der Waals surface area contributed by atoms with Gasteiger partial charge in [-0.3, -0.25) is 9.59 Å². The molecule has 5 nitrogen and oxygen atoms in total. The number of likely N-dealkylation sites (tertiary alicyclic amines) is 1.